The van der Waals surface area contributed by atoms with Crippen LogP contribution in [-0.4, -0.2) is 36.1 Å². The van der Waals surface area contributed by atoms with Crippen molar-refractivity contribution < 1.29 is 45.5 Å². The van der Waals surface area contributed by atoms with Gasteiger partial charge >= 0.3 is 18.5 Å². The summed E-state index contributed by atoms with van der Waals surface area (Å²) >= 11 is 0. The number of rotatable bonds is 9. The zero-order valence-corrected chi connectivity index (χ0v) is 14.3. The predicted octanol–water partition coefficient (Wildman–Crippen LogP) is 3.66. The highest BCUT2D eigenvalue weighted by Crippen LogP contribution is 2.28. The second-order valence-electron chi connectivity index (χ2n) is 5.48. The molecule has 0 aliphatic rings. The fraction of sp³-hybridized carbons (Fsp3) is 0.353. The Hall–Kier alpha value is -2.98. The molecule has 1 aromatic carbocycles. The molecule has 0 aliphatic heterocycles. The first-order chi connectivity index (χ1) is 13.1. The summed E-state index contributed by atoms with van der Waals surface area (Å²) in [6.45, 7) is 1.46. The van der Waals surface area contributed by atoms with Crippen molar-refractivity contribution in [2.45, 2.75) is 25.9 Å². The molecule has 152 valence electrons. The smallest absolute Gasteiger partial charge is 0.462 e. The summed E-state index contributed by atoms with van der Waals surface area (Å²) in [6, 6.07) is 5.09. The van der Waals surface area contributed by atoms with Crippen molar-refractivity contribution in [3.05, 3.63) is 47.5 Å². The third-order valence-corrected chi connectivity index (χ3v) is 3.45. The van der Waals surface area contributed by atoms with Crippen LogP contribution in [0.2, 0.25) is 0 Å². The van der Waals surface area contributed by atoms with Crippen molar-refractivity contribution in [3.8, 4) is 5.88 Å². The summed E-state index contributed by atoms with van der Waals surface area (Å²) in [5.74, 6) is -4.93. The van der Waals surface area contributed by atoms with Gasteiger partial charge in [0, 0.05) is 18.1 Å². The number of alkyl halides is 4. The van der Waals surface area contributed by atoms with E-state index in [4.69, 9.17) is 4.74 Å². The molecular weight excluding hydrogens is 393 g/mol. The molecule has 0 saturated heterocycles. The number of hydrogen-bond acceptors (Lipinski definition) is 6. The van der Waals surface area contributed by atoms with E-state index in [1.165, 1.54) is 6.92 Å². The number of benzene rings is 1. The average Bonchev–Trinajstić information content (AvgIpc) is 3.06. The van der Waals surface area contributed by atoms with E-state index < -0.39 is 48.3 Å². The van der Waals surface area contributed by atoms with Crippen LogP contribution in [0.5, 0.6) is 5.88 Å². The molecular formula is C17H14F5NO5. The first-order valence-corrected chi connectivity index (χ1v) is 7.91. The molecule has 1 aromatic heterocycles. The SMILES string of the molecule is CCOC(=O)C(Cc1cc(OC(F)(F)C(F)F)no1)C(=O)c1ccc(F)cc1. The molecule has 6 nitrogen and oxygen atoms in total. The number of hydrogen-bond donors (Lipinski definition) is 0. The molecule has 2 aromatic rings. The van der Waals surface area contributed by atoms with Crippen LogP contribution in [0.1, 0.15) is 23.0 Å². The van der Waals surface area contributed by atoms with Gasteiger partial charge in [-0.15, -0.1) is 0 Å². The maximum absolute atomic E-state index is 13.0. The molecule has 0 aliphatic carbocycles. The number of esters is 1. The van der Waals surface area contributed by atoms with Gasteiger partial charge in [-0.2, -0.15) is 17.6 Å². The number of aromatic nitrogens is 1. The summed E-state index contributed by atoms with van der Waals surface area (Å²) in [5, 5.41) is 3.06. The van der Waals surface area contributed by atoms with Crippen LogP contribution in [0, 0.1) is 11.7 Å². The largest absolute Gasteiger partial charge is 0.465 e. The van der Waals surface area contributed by atoms with E-state index in [0.29, 0.717) is 0 Å². The third-order valence-electron chi connectivity index (χ3n) is 3.45. The number of nitrogens with zero attached hydrogens (tertiary/aromatic N) is 1. The highest BCUT2D eigenvalue weighted by Gasteiger charge is 2.45. The van der Waals surface area contributed by atoms with E-state index in [1.807, 2.05) is 0 Å². The first-order valence-electron chi connectivity index (χ1n) is 7.91. The summed E-state index contributed by atoms with van der Waals surface area (Å²) < 4.78 is 76.4. The molecule has 0 saturated carbocycles. The molecule has 0 N–H and O–H groups in total. The topological polar surface area (TPSA) is 78.6 Å². The van der Waals surface area contributed by atoms with Gasteiger partial charge in [-0.25, -0.2) is 4.39 Å². The number of halogens is 5. The lowest BCUT2D eigenvalue weighted by molar-refractivity contribution is -0.255. The van der Waals surface area contributed by atoms with Gasteiger partial charge < -0.3 is 14.0 Å². The van der Waals surface area contributed by atoms with Crippen LogP contribution in [0.4, 0.5) is 22.0 Å². The van der Waals surface area contributed by atoms with Crippen LogP contribution >= 0.6 is 0 Å². The minimum absolute atomic E-state index is 0.000300. The van der Waals surface area contributed by atoms with Crippen LogP contribution < -0.4 is 4.74 Å². The fourth-order valence-corrected chi connectivity index (χ4v) is 2.16. The maximum atomic E-state index is 13.0. The van der Waals surface area contributed by atoms with Crippen LogP contribution in [0.3, 0.4) is 0 Å². The standard InChI is InChI=1S/C17H14F5NO5/c1-2-26-15(25)12(14(24)9-3-5-10(18)6-4-9)7-11-8-13(23-28-11)27-17(21,22)16(19)20/h3-6,8,12,16H,2,7H2,1H3. The number of ketones is 1. The molecule has 0 radical (unpaired) electrons. The fourth-order valence-electron chi connectivity index (χ4n) is 2.16. The summed E-state index contributed by atoms with van der Waals surface area (Å²) in [6.07, 6.45) is -9.36. The summed E-state index contributed by atoms with van der Waals surface area (Å²) in [4.78, 5) is 24.7. The molecule has 0 spiro atoms. The van der Waals surface area contributed by atoms with E-state index in [2.05, 4.69) is 14.4 Å². The van der Waals surface area contributed by atoms with Crippen LogP contribution in [-0.2, 0) is 16.0 Å². The number of carbonyl (C=O) groups is 2. The van der Waals surface area contributed by atoms with Crippen molar-refractivity contribution in [2.24, 2.45) is 5.92 Å². The second-order valence-corrected chi connectivity index (χ2v) is 5.48. The second kappa shape index (κ2) is 8.81. The van der Waals surface area contributed by atoms with Crippen LogP contribution in [0.25, 0.3) is 0 Å². The lowest BCUT2D eigenvalue weighted by atomic mass is 9.93. The Bertz CT molecular complexity index is 822. The highest BCUT2D eigenvalue weighted by molar-refractivity contribution is 6.08. The zero-order valence-electron chi connectivity index (χ0n) is 14.3. The zero-order chi connectivity index (χ0) is 20.9. The van der Waals surface area contributed by atoms with Gasteiger partial charge in [-0.05, 0) is 36.3 Å². The van der Waals surface area contributed by atoms with Gasteiger partial charge in [0.2, 0.25) is 0 Å². The molecule has 1 heterocycles. The lowest BCUT2D eigenvalue weighted by Crippen LogP contribution is -2.33. The lowest BCUT2D eigenvalue weighted by Gasteiger charge is -2.14. The molecule has 1 atom stereocenters. The minimum Gasteiger partial charge on any atom is -0.465 e. The van der Waals surface area contributed by atoms with Crippen molar-refractivity contribution in [1.82, 2.24) is 5.16 Å². The summed E-state index contributed by atoms with van der Waals surface area (Å²) in [5.41, 5.74) is -0.000300. The molecule has 28 heavy (non-hydrogen) atoms. The molecule has 0 fully saturated rings. The summed E-state index contributed by atoms with van der Waals surface area (Å²) in [7, 11) is 0. The van der Waals surface area contributed by atoms with Crippen molar-refractivity contribution in [3.63, 3.8) is 0 Å². The molecule has 2 rings (SSSR count). The van der Waals surface area contributed by atoms with Crippen LogP contribution in [0.15, 0.2) is 34.9 Å². The van der Waals surface area contributed by atoms with Gasteiger partial charge in [-0.3, -0.25) is 9.59 Å². The Morgan fingerprint density at radius 1 is 1.21 bits per heavy atom. The van der Waals surface area contributed by atoms with E-state index in [9.17, 15) is 31.5 Å². The van der Waals surface area contributed by atoms with Gasteiger partial charge in [-0.1, -0.05) is 0 Å². The van der Waals surface area contributed by atoms with E-state index in [1.54, 1.807) is 0 Å². The van der Waals surface area contributed by atoms with Crippen molar-refractivity contribution in [1.29, 1.82) is 0 Å². The number of carbonyl (C=O) groups excluding carboxylic acids is 2. The normalized spacial score (nSPS) is 12.7. The number of ether oxygens (including phenoxy) is 2. The van der Waals surface area contributed by atoms with Crippen molar-refractivity contribution >= 4 is 11.8 Å². The van der Waals surface area contributed by atoms with Gasteiger partial charge in [0.15, 0.2) is 5.78 Å². The van der Waals surface area contributed by atoms with Gasteiger partial charge in [0.05, 0.1) is 6.61 Å². The third kappa shape index (κ3) is 5.27. The predicted molar refractivity (Wildman–Crippen MR) is 82.6 cm³/mol. The molecule has 0 bridgehead atoms. The quantitative estimate of drug-likeness (QED) is 0.273. The highest BCUT2D eigenvalue weighted by atomic mass is 19.3. The molecule has 11 heteroatoms. The Labute approximate surface area is 155 Å². The van der Waals surface area contributed by atoms with E-state index >= 15 is 0 Å². The van der Waals surface area contributed by atoms with Gasteiger partial charge in [0.25, 0.3) is 5.88 Å². The Morgan fingerprint density at radius 3 is 2.43 bits per heavy atom. The Morgan fingerprint density at radius 2 is 1.86 bits per heavy atom. The molecule has 1 unspecified atom stereocenters. The Balaban J connectivity index is 2.20. The minimum atomic E-state index is -4.79. The Kier molecular flexibility index (Phi) is 6.71. The van der Waals surface area contributed by atoms with Gasteiger partial charge in [0.1, 0.15) is 17.5 Å². The number of Topliss-reactive ketones (excluding diaryl/α,β-unsaturated/α-hetero) is 1. The van der Waals surface area contributed by atoms with E-state index in [0.717, 1.165) is 30.3 Å². The maximum Gasteiger partial charge on any atom is 0.462 e. The first kappa shape index (κ1) is 21.3. The van der Waals surface area contributed by atoms with E-state index in [-0.39, 0.29) is 17.9 Å². The monoisotopic (exact) mass is 407 g/mol. The average molecular weight is 407 g/mol. The molecule has 0 amide bonds. The van der Waals surface area contributed by atoms with Crippen molar-refractivity contribution in [2.75, 3.05) is 6.61 Å².